The molecule has 5 rings (SSSR count). The van der Waals surface area contributed by atoms with E-state index < -0.39 is 5.41 Å². The van der Waals surface area contributed by atoms with Crippen molar-refractivity contribution in [3.05, 3.63) is 17.0 Å². The number of H-pyrrole nitrogens is 1. The number of nitrogens with zero attached hydrogens (tertiary/aromatic N) is 3. The fraction of sp³-hybridized carbons (Fsp3) is 0.783. The number of carbonyl (C=O) groups is 2. The van der Waals surface area contributed by atoms with Crippen LogP contribution in [0.15, 0.2) is 0 Å². The fourth-order valence-electron chi connectivity index (χ4n) is 6.34. The van der Waals surface area contributed by atoms with Crippen molar-refractivity contribution in [1.29, 1.82) is 0 Å². The third-order valence-corrected chi connectivity index (χ3v) is 8.02. The number of amides is 1. The number of carbonyl (C=O) groups excluding carboxylic acids is 2. The first kappa shape index (κ1) is 20.9. The molecule has 170 valence electrons. The van der Waals surface area contributed by atoms with Gasteiger partial charge in [0, 0.05) is 43.5 Å². The topological polar surface area (TPSA) is 87.8 Å². The molecule has 1 N–H and O–H groups in total. The Morgan fingerprint density at radius 2 is 2.06 bits per heavy atom. The Bertz CT molecular complexity index is 834. The van der Waals surface area contributed by atoms with E-state index >= 15 is 0 Å². The van der Waals surface area contributed by atoms with E-state index in [1.54, 1.807) is 0 Å². The molecule has 8 heteroatoms. The lowest BCUT2D eigenvalue weighted by atomic mass is 9.61. The summed E-state index contributed by atoms with van der Waals surface area (Å²) in [4.78, 5) is 31.1. The number of aryl methyl sites for hydroxylation is 1. The SMILES string of the molecule is CCOC(=O)[C@@]12CC[C@H](N3CCOCC3)C[C@H]1CCN(C(=O)c1n[nH]c3c1CCC3)C2. The van der Waals surface area contributed by atoms with Gasteiger partial charge in [-0.05, 0) is 57.8 Å². The largest absolute Gasteiger partial charge is 0.466 e. The summed E-state index contributed by atoms with van der Waals surface area (Å²) in [6, 6.07) is 0.494. The zero-order valence-electron chi connectivity index (χ0n) is 18.5. The van der Waals surface area contributed by atoms with Crippen molar-refractivity contribution in [3.63, 3.8) is 0 Å². The summed E-state index contributed by atoms with van der Waals surface area (Å²) in [5, 5.41) is 7.40. The molecule has 2 aliphatic heterocycles. The minimum absolute atomic E-state index is 0.0307. The van der Waals surface area contributed by atoms with Crippen LogP contribution in [0.5, 0.6) is 0 Å². The highest BCUT2D eigenvalue weighted by molar-refractivity contribution is 5.95. The fourth-order valence-corrected chi connectivity index (χ4v) is 6.34. The van der Waals surface area contributed by atoms with Crippen LogP contribution >= 0.6 is 0 Å². The molecule has 1 saturated carbocycles. The van der Waals surface area contributed by atoms with Gasteiger partial charge in [0.1, 0.15) is 0 Å². The molecule has 0 spiro atoms. The van der Waals surface area contributed by atoms with Crippen LogP contribution in [0.25, 0.3) is 0 Å². The molecule has 0 unspecified atom stereocenters. The van der Waals surface area contributed by atoms with Crippen LogP contribution in [0.4, 0.5) is 0 Å². The maximum absolute atomic E-state index is 13.4. The second kappa shape index (κ2) is 8.54. The molecular formula is C23H34N4O4. The highest BCUT2D eigenvalue weighted by Gasteiger charge is 2.54. The Balaban J connectivity index is 1.35. The first-order valence-corrected chi connectivity index (χ1v) is 12.0. The lowest BCUT2D eigenvalue weighted by molar-refractivity contribution is -0.168. The first-order chi connectivity index (χ1) is 15.1. The van der Waals surface area contributed by atoms with Gasteiger partial charge in [-0.2, -0.15) is 5.10 Å². The predicted octanol–water partition coefficient (Wildman–Crippen LogP) is 1.79. The summed E-state index contributed by atoms with van der Waals surface area (Å²) in [7, 11) is 0. The molecule has 0 radical (unpaired) electrons. The van der Waals surface area contributed by atoms with Crippen LogP contribution in [0.1, 0.15) is 60.8 Å². The van der Waals surface area contributed by atoms with E-state index in [0.717, 1.165) is 82.5 Å². The van der Waals surface area contributed by atoms with E-state index in [0.29, 0.717) is 31.4 Å². The second-order valence-corrected chi connectivity index (χ2v) is 9.55. The van der Waals surface area contributed by atoms with Gasteiger partial charge < -0.3 is 14.4 Å². The number of aromatic amines is 1. The molecule has 3 heterocycles. The monoisotopic (exact) mass is 430 g/mol. The van der Waals surface area contributed by atoms with Crippen molar-refractivity contribution in [1.82, 2.24) is 20.0 Å². The molecule has 1 aromatic heterocycles. The maximum atomic E-state index is 13.4. The van der Waals surface area contributed by atoms with Gasteiger partial charge >= 0.3 is 5.97 Å². The summed E-state index contributed by atoms with van der Waals surface area (Å²) < 4.78 is 11.1. The smallest absolute Gasteiger partial charge is 0.314 e. The number of hydrogen-bond acceptors (Lipinski definition) is 6. The summed E-state index contributed by atoms with van der Waals surface area (Å²) in [6.45, 7) is 6.90. The average Bonchev–Trinajstić information content (AvgIpc) is 3.43. The van der Waals surface area contributed by atoms with E-state index in [4.69, 9.17) is 9.47 Å². The molecule has 31 heavy (non-hydrogen) atoms. The molecule has 2 saturated heterocycles. The van der Waals surface area contributed by atoms with E-state index in [-0.39, 0.29) is 17.8 Å². The van der Waals surface area contributed by atoms with Crippen LogP contribution in [-0.4, -0.2) is 83.9 Å². The number of ether oxygens (including phenoxy) is 2. The summed E-state index contributed by atoms with van der Waals surface area (Å²) in [6.07, 6.45) is 6.54. The highest BCUT2D eigenvalue weighted by atomic mass is 16.5. The summed E-state index contributed by atoms with van der Waals surface area (Å²) in [5.41, 5.74) is 2.15. The summed E-state index contributed by atoms with van der Waals surface area (Å²) >= 11 is 0. The van der Waals surface area contributed by atoms with Gasteiger partial charge in [-0.25, -0.2) is 0 Å². The van der Waals surface area contributed by atoms with E-state index in [9.17, 15) is 9.59 Å². The van der Waals surface area contributed by atoms with Crippen molar-refractivity contribution in [2.75, 3.05) is 46.0 Å². The molecule has 3 atom stereocenters. The van der Waals surface area contributed by atoms with Gasteiger partial charge in [0.05, 0.1) is 25.2 Å². The lowest BCUT2D eigenvalue weighted by Crippen LogP contribution is -2.59. The number of aromatic nitrogens is 2. The maximum Gasteiger partial charge on any atom is 0.314 e. The Hall–Kier alpha value is -1.93. The number of fused-ring (bicyclic) bond motifs is 2. The van der Waals surface area contributed by atoms with Crippen LogP contribution in [-0.2, 0) is 27.1 Å². The van der Waals surface area contributed by atoms with Crippen LogP contribution in [0.3, 0.4) is 0 Å². The molecule has 4 aliphatic rings. The predicted molar refractivity (Wildman–Crippen MR) is 114 cm³/mol. The third-order valence-electron chi connectivity index (χ3n) is 8.02. The number of rotatable bonds is 4. The zero-order valence-corrected chi connectivity index (χ0v) is 18.5. The van der Waals surface area contributed by atoms with E-state index in [1.165, 1.54) is 0 Å². The molecule has 3 fully saturated rings. The second-order valence-electron chi connectivity index (χ2n) is 9.55. The minimum Gasteiger partial charge on any atom is -0.466 e. The number of hydrogen-bond donors (Lipinski definition) is 1. The normalized spacial score (nSPS) is 31.2. The number of morpholine rings is 1. The van der Waals surface area contributed by atoms with Gasteiger partial charge in [-0.1, -0.05) is 0 Å². The minimum atomic E-state index is -0.591. The Morgan fingerprint density at radius 1 is 1.23 bits per heavy atom. The van der Waals surface area contributed by atoms with Gasteiger partial charge in [0.25, 0.3) is 5.91 Å². The van der Waals surface area contributed by atoms with E-state index in [1.807, 2.05) is 11.8 Å². The molecule has 1 amide bonds. The number of piperidine rings is 1. The van der Waals surface area contributed by atoms with Gasteiger partial charge in [-0.15, -0.1) is 0 Å². The summed E-state index contributed by atoms with van der Waals surface area (Å²) in [5.74, 6) is 0.101. The van der Waals surface area contributed by atoms with Crippen LogP contribution in [0, 0.1) is 11.3 Å². The van der Waals surface area contributed by atoms with Crippen molar-refractivity contribution in [2.24, 2.45) is 11.3 Å². The van der Waals surface area contributed by atoms with Gasteiger partial charge in [-0.3, -0.25) is 19.6 Å². The third kappa shape index (κ3) is 3.67. The number of esters is 1. The standard InChI is InChI=1S/C23H34N4O4/c1-2-31-22(29)23-8-6-17(26-10-12-30-13-11-26)14-16(23)7-9-27(15-23)21(28)20-18-4-3-5-19(18)24-25-20/h16-17H,2-15H2,1H3,(H,24,25)/t16-,17+,23-/m1/s1. The quantitative estimate of drug-likeness (QED) is 0.733. The lowest BCUT2D eigenvalue weighted by Gasteiger charge is -2.52. The molecule has 0 aromatic carbocycles. The van der Waals surface area contributed by atoms with Crippen molar-refractivity contribution < 1.29 is 19.1 Å². The van der Waals surface area contributed by atoms with Crippen molar-refractivity contribution >= 4 is 11.9 Å². The first-order valence-electron chi connectivity index (χ1n) is 12.0. The van der Waals surface area contributed by atoms with Gasteiger partial charge in [0.15, 0.2) is 5.69 Å². The van der Waals surface area contributed by atoms with Crippen LogP contribution in [0.2, 0.25) is 0 Å². The van der Waals surface area contributed by atoms with Crippen LogP contribution < -0.4 is 0 Å². The van der Waals surface area contributed by atoms with E-state index in [2.05, 4.69) is 15.1 Å². The van der Waals surface area contributed by atoms with Crippen molar-refractivity contribution in [3.8, 4) is 0 Å². The Morgan fingerprint density at radius 3 is 2.87 bits per heavy atom. The molecular weight excluding hydrogens is 396 g/mol. The van der Waals surface area contributed by atoms with Crippen molar-refractivity contribution in [2.45, 2.75) is 57.9 Å². The highest BCUT2D eigenvalue weighted by Crippen LogP contribution is 2.48. The number of likely N-dealkylation sites (tertiary alicyclic amines) is 1. The average molecular weight is 431 g/mol. The molecule has 8 nitrogen and oxygen atoms in total. The van der Waals surface area contributed by atoms with Gasteiger partial charge in [0.2, 0.25) is 0 Å². The molecule has 2 aliphatic carbocycles. The Kier molecular flexibility index (Phi) is 5.77. The zero-order chi connectivity index (χ0) is 21.4. The number of nitrogens with one attached hydrogen (secondary N) is 1. The molecule has 0 bridgehead atoms. The Labute approximate surface area is 183 Å². The molecule has 1 aromatic rings.